The van der Waals surface area contributed by atoms with Crippen molar-refractivity contribution in [2.75, 3.05) is 4.72 Å². The van der Waals surface area contributed by atoms with Gasteiger partial charge in [-0.15, -0.1) is 0 Å². The lowest BCUT2D eigenvalue weighted by atomic mass is 10.3. The molecule has 0 spiro atoms. The summed E-state index contributed by atoms with van der Waals surface area (Å²) < 4.78 is 49.5. The summed E-state index contributed by atoms with van der Waals surface area (Å²) in [6.45, 7) is 0. The van der Waals surface area contributed by atoms with Gasteiger partial charge in [-0.3, -0.25) is 4.72 Å². The van der Waals surface area contributed by atoms with Crippen LogP contribution in [0.3, 0.4) is 0 Å². The summed E-state index contributed by atoms with van der Waals surface area (Å²) in [5, 5.41) is 0. The molecule has 0 aliphatic carbocycles. The third-order valence-electron chi connectivity index (χ3n) is 2.49. The Morgan fingerprint density at radius 2 is 1.52 bits per heavy atom. The van der Waals surface area contributed by atoms with Gasteiger partial charge in [0.1, 0.15) is 0 Å². The zero-order chi connectivity index (χ0) is 15.7. The van der Waals surface area contributed by atoms with Gasteiger partial charge in [0.05, 0.1) is 9.79 Å². The minimum atomic E-state index is -3.83. The first-order valence-electron chi connectivity index (χ1n) is 5.52. The van der Waals surface area contributed by atoms with Crippen molar-refractivity contribution in [3.63, 3.8) is 0 Å². The first-order chi connectivity index (χ1) is 9.68. The van der Waals surface area contributed by atoms with E-state index >= 15 is 0 Å². The molecule has 0 unspecified atom stereocenters. The van der Waals surface area contributed by atoms with Crippen molar-refractivity contribution in [3.05, 3.63) is 53.0 Å². The Labute approximate surface area is 135 Å². The predicted molar refractivity (Wildman–Crippen MR) is 84.4 cm³/mol. The van der Waals surface area contributed by atoms with Crippen LogP contribution in [-0.2, 0) is 19.1 Å². The smallest absolute Gasteiger partial charge is 0.261 e. The van der Waals surface area contributed by atoms with Gasteiger partial charge < -0.3 is 0 Å². The van der Waals surface area contributed by atoms with Crippen LogP contribution in [0.25, 0.3) is 0 Å². The van der Waals surface area contributed by atoms with Gasteiger partial charge in [-0.2, -0.15) is 0 Å². The van der Waals surface area contributed by atoms with Crippen LogP contribution in [0.2, 0.25) is 0 Å². The Balaban J connectivity index is 2.29. The van der Waals surface area contributed by atoms with Crippen LogP contribution in [0.1, 0.15) is 0 Å². The summed E-state index contributed by atoms with van der Waals surface area (Å²) in [5.74, 6) is 0. The highest BCUT2D eigenvalue weighted by atomic mass is 79.9. The quantitative estimate of drug-likeness (QED) is 0.785. The van der Waals surface area contributed by atoms with E-state index in [1.54, 1.807) is 12.1 Å². The topological polar surface area (TPSA) is 80.3 Å². The molecule has 0 saturated carbocycles. The second kappa shape index (κ2) is 5.96. The fourth-order valence-corrected chi connectivity index (χ4v) is 3.96. The van der Waals surface area contributed by atoms with Crippen molar-refractivity contribution < 1.29 is 16.8 Å². The summed E-state index contributed by atoms with van der Waals surface area (Å²) in [4.78, 5) is -0.0134. The molecule has 0 heterocycles. The van der Waals surface area contributed by atoms with Crippen molar-refractivity contribution in [2.24, 2.45) is 0 Å². The predicted octanol–water partition coefficient (Wildman–Crippen LogP) is 3.18. The van der Waals surface area contributed by atoms with Crippen LogP contribution < -0.4 is 4.72 Å². The second-order valence-corrected chi connectivity index (χ2v) is 9.19. The maximum absolute atomic E-state index is 12.2. The molecule has 0 atom stereocenters. The molecular weight excluding hydrogens is 402 g/mol. The molecule has 21 heavy (non-hydrogen) atoms. The number of hydrogen-bond acceptors (Lipinski definition) is 4. The molecule has 1 N–H and O–H groups in total. The number of sulfonamides is 1. The van der Waals surface area contributed by atoms with Crippen LogP contribution in [0.15, 0.2) is 62.8 Å². The van der Waals surface area contributed by atoms with Crippen LogP contribution in [0.5, 0.6) is 0 Å². The highest BCUT2D eigenvalue weighted by Crippen LogP contribution is 2.21. The Bertz CT molecular complexity index is 864. The van der Waals surface area contributed by atoms with Crippen molar-refractivity contribution in [1.29, 1.82) is 0 Å². The molecule has 0 saturated heterocycles. The molecule has 0 fully saturated rings. The Kier molecular flexibility index (Phi) is 4.62. The van der Waals surface area contributed by atoms with Crippen LogP contribution >= 0.6 is 26.6 Å². The number of nitrogens with one attached hydrogen (secondary N) is 1. The number of rotatable bonds is 4. The summed E-state index contributed by atoms with van der Waals surface area (Å²) in [6, 6.07) is 11.3. The molecule has 0 radical (unpaired) electrons. The number of hydrogen-bond donors (Lipinski definition) is 1. The molecule has 2 rings (SSSR count). The summed E-state index contributed by atoms with van der Waals surface area (Å²) in [6.07, 6.45) is 0. The monoisotopic (exact) mass is 409 g/mol. The van der Waals surface area contributed by atoms with Gasteiger partial charge in [-0.05, 0) is 42.5 Å². The number of halogens is 2. The second-order valence-electron chi connectivity index (χ2n) is 4.03. The molecule has 2 aromatic carbocycles. The molecule has 0 aromatic heterocycles. The number of anilines is 1. The van der Waals surface area contributed by atoms with E-state index in [0.717, 1.165) is 0 Å². The van der Waals surface area contributed by atoms with Crippen LogP contribution in [-0.4, -0.2) is 16.8 Å². The Hall–Kier alpha value is -1.09. The van der Waals surface area contributed by atoms with Gasteiger partial charge in [0.2, 0.25) is 0 Å². The molecule has 0 bridgehead atoms. The van der Waals surface area contributed by atoms with Crippen molar-refractivity contribution in [1.82, 2.24) is 0 Å². The third kappa shape index (κ3) is 4.19. The summed E-state index contributed by atoms with van der Waals surface area (Å²) >= 11 is 3.20. The minimum Gasteiger partial charge on any atom is -0.280 e. The van der Waals surface area contributed by atoms with E-state index in [4.69, 9.17) is 10.7 Å². The highest BCUT2D eigenvalue weighted by Gasteiger charge is 2.15. The fraction of sp³-hybridized carbons (Fsp3) is 0. The van der Waals surface area contributed by atoms with E-state index in [1.807, 2.05) is 0 Å². The van der Waals surface area contributed by atoms with Gasteiger partial charge >= 0.3 is 0 Å². The molecule has 0 amide bonds. The third-order valence-corrected chi connectivity index (χ3v) is 5.74. The zero-order valence-electron chi connectivity index (χ0n) is 10.3. The number of benzene rings is 2. The van der Waals surface area contributed by atoms with Gasteiger partial charge in [0.15, 0.2) is 0 Å². The van der Waals surface area contributed by atoms with Gasteiger partial charge in [-0.25, -0.2) is 16.8 Å². The average Bonchev–Trinajstić information content (AvgIpc) is 2.38. The summed E-state index contributed by atoms with van der Waals surface area (Å²) in [5.41, 5.74) is 0.235. The minimum absolute atomic E-state index is 0.0888. The van der Waals surface area contributed by atoms with E-state index < -0.39 is 19.1 Å². The molecule has 0 aliphatic rings. The van der Waals surface area contributed by atoms with E-state index in [-0.39, 0.29) is 15.5 Å². The zero-order valence-corrected chi connectivity index (χ0v) is 14.3. The van der Waals surface area contributed by atoms with Gasteiger partial charge in [-0.1, -0.05) is 22.0 Å². The maximum atomic E-state index is 12.2. The standard InChI is InChI=1S/C12H9BrClNO4S2/c13-9-2-1-3-12(8-9)21(18,19)15-10-4-6-11(7-5-10)20(14,16)17/h1-8,15H. The molecule has 5 nitrogen and oxygen atoms in total. The lowest BCUT2D eigenvalue weighted by Crippen LogP contribution is -2.12. The molecular formula is C12H9BrClNO4S2. The molecule has 2 aromatic rings. The first kappa shape index (κ1) is 16.3. The lowest BCUT2D eigenvalue weighted by Gasteiger charge is -2.08. The Morgan fingerprint density at radius 3 is 2.05 bits per heavy atom. The molecule has 112 valence electrons. The van der Waals surface area contributed by atoms with E-state index in [2.05, 4.69) is 20.7 Å². The van der Waals surface area contributed by atoms with Crippen molar-refractivity contribution in [2.45, 2.75) is 9.79 Å². The molecule has 9 heteroatoms. The molecule has 0 aliphatic heterocycles. The summed E-state index contributed by atoms with van der Waals surface area (Å²) in [7, 11) is -2.39. The maximum Gasteiger partial charge on any atom is 0.261 e. The van der Waals surface area contributed by atoms with E-state index in [0.29, 0.717) is 4.47 Å². The van der Waals surface area contributed by atoms with E-state index in [1.165, 1.54) is 36.4 Å². The van der Waals surface area contributed by atoms with Crippen LogP contribution in [0.4, 0.5) is 5.69 Å². The average molecular weight is 411 g/mol. The fourth-order valence-electron chi connectivity index (χ4n) is 1.53. The van der Waals surface area contributed by atoms with E-state index in [9.17, 15) is 16.8 Å². The van der Waals surface area contributed by atoms with Crippen LogP contribution in [0, 0.1) is 0 Å². The normalized spacial score (nSPS) is 12.1. The SMILES string of the molecule is O=S(=O)(Cl)c1ccc(NS(=O)(=O)c2cccc(Br)c2)cc1. The van der Waals surface area contributed by atoms with Crippen molar-refractivity contribution >= 4 is 51.4 Å². The largest absolute Gasteiger partial charge is 0.280 e. The highest BCUT2D eigenvalue weighted by molar-refractivity contribution is 9.10. The Morgan fingerprint density at radius 1 is 0.905 bits per heavy atom. The lowest BCUT2D eigenvalue weighted by molar-refractivity contribution is 0.601. The van der Waals surface area contributed by atoms with Gasteiger partial charge in [0.25, 0.3) is 19.1 Å². The van der Waals surface area contributed by atoms with Gasteiger partial charge in [0, 0.05) is 20.8 Å². The first-order valence-corrected chi connectivity index (χ1v) is 10.1. The van der Waals surface area contributed by atoms with Crippen molar-refractivity contribution in [3.8, 4) is 0 Å².